The second-order valence-corrected chi connectivity index (χ2v) is 17.9. The molecular formula is C29H41N9O17P2S. The predicted molar refractivity (Wildman–Crippen MR) is 195 cm³/mol. The topological polar surface area (TPSA) is 381 Å². The lowest BCUT2D eigenvalue weighted by Gasteiger charge is -2.25. The third-order valence-electron chi connectivity index (χ3n) is 8.62. The van der Waals surface area contributed by atoms with E-state index in [0.717, 1.165) is 17.2 Å². The standard InChI is InChI=1S/C29H41N9O17P2S/c1-3-4-5-20(39)35-15(7-9-58(2,48)49)28(41)54-24-18(53-27(23(24)40)38-14-34-22-25(31)32-13-33-26(22)38)12-51-57(46,47)55-16-10-21(37-8-6-19(30)36-29(37)42)52-17(16)11-50-56(43,44)45/h3,6,8,13-18,21,23-24,27,40H,1,4-5,7,9-12H2,2H3,(H,35,39)(H,46,47)(H2,30,36,42)(H2,31,32,33)(H2,43,44,45)/t15-,16+,17-,18+,21?,23-,24-,27-/m1/s1. The van der Waals surface area contributed by atoms with Gasteiger partial charge in [-0.15, -0.1) is 6.58 Å². The Bertz CT molecular complexity index is 2260. The summed E-state index contributed by atoms with van der Waals surface area (Å²) in [6, 6.07) is -0.286. The largest absolute Gasteiger partial charge is 0.472 e. The number of sulfone groups is 1. The van der Waals surface area contributed by atoms with Crippen LogP contribution >= 0.6 is 15.6 Å². The minimum Gasteiger partial charge on any atom is -0.455 e. The van der Waals surface area contributed by atoms with Gasteiger partial charge in [-0.05, 0) is 18.9 Å². The average molecular weight is 882 g/mol. The molecule has 29 heteroatoms. The first kappa shape index (κ1) is 44.9. The Morgan fingerprint density at radius 3 is 2.52 bits per heavy atom. The van der Waals surface area contributed by atoms with Gasteiger partial charge in [-0.1, -0.05) is 6.08 Å². The Hall–Kier alpha value is -4.24. The number of nitrogens with one attached hydrogen (secondary N) is 1. The Morgan fingerprint density at radius 2 is 1.84 bits per heavy atom. The highest BCUT2D eigenvalue weighted by Crippen LogP contribution is 2.50. The van der Waals surface area contributed by atoms with Crippen molar-refractivity contribution in [2.24, 2.45) is 0 Å². The number of hydrogen-bond donors (Lipinski definition) is 7. The predicted octanol–water partition coefficient (Wildman–Crippen LogP) is -1.80. The van der Waals surface area contributed by atoms with Gasteiger partial charge in [0, 0.05) is 25.3 Å². The number of anilines is 2. The molecule has 2 saturated heterocycles. The first-order valence-corrected chi connectivity index (χ1v) is 22.1. The maximum absolute atomic E-state index is 13.6. The zero-order valence-electron chi connectivity index (χ0n) is 30.4. The number of rotatable bonds is 19. The zero-order chi connectivity index (χ0) is 42.6. The molecule has 2 fully saturated rings. The number of allylic oxidation sites excluding steroid dienone is 1. The summed E-state index contributed by atoms with van der Waals surface area (Å²) >= 11 is 0. The van der Waals surface area contributed by atoms with Gasteiger partial charge in [-0.2, -0.15) is 4.98 Å². The Kier molecular flexibility index (Phi) is 14.2. The van der Waals surface area contributed by atoms with Crippen LogP contribution in [-0.4, -0.2) is 131 Å². The smallest absolute Gasteiger partial charge is 0.455 e. The molecule has 0 aliphatic carbocycles. The van der Waals surface area contributed by atoms with Gasteiger partial charge >= 0.3 is 27.3 Å². The SMILES string of the molecule is C=CCCC(=O)N[C@H](CCS(C)(=O)=O)C(=O)O[C@H]1[C@@H](O)[C@H](n2cnc3c(N)ncnc32)O[C@H]1COP(=O)(O)O[C@H]1CC(n2ccc(N)nc2=O)O[C@@H]1COP(=O)(O)O. The van der Waals surface area contributed by atoms with Crippen molar-refractivity contribution in [1.29, 1.82) is 0 Å². The third kappa shape index (κ3) is 11.7. The van der Waals surface area contributed by atoms with E-state index in [2.05, 4.69) is 36.4 Å². The van der Waals surface area contributed by atoms with Gasteiger partial charge in [-0.3, -0.25) is 27.5 Å². The minimum absolute atomic E-state index is 0.0291. The van der Waals surface area contributed by atoms with E-state index in [1.807, 2.05) is 0 Å². The summed E-state index contributed by atoms with van der Waals surface area (Å²) in [6.07, 6.45) is -5.67. The number of ether oxygens (including phenoxy) is 3. The maximum atomic E-state index is 13.6. The van der Waals surface area contributed by atoms with Crippen molar-refractivity contribution in [3.63, 3.8) is 0 Å². The molecule has 26 nitrogen and oxygen atoms in total. The molecule has 320 valence electrons. The fraction of sp³-hybridized carbons (Fsp3) is 0.552. The number of amides is 1. The summed E-state index contributed by atoms with van der Waals surface area (Å²) in [5.41, 5.74) is 10.7. The van der Waals surface area contributed by atoms with Crippen LogP contribution in [0.5, 0.6) is 0 Å². The number of phosphoric acid groups is 2. The number of esters is 1. The first-order chi connectivity index (χ1) is 27.1. The third-order valence-corrected chi connectivity index (χ3v) is 11.1. The van der Waals surface area contributed by atoms with E-state index in [9.17, 15) is 51.7 Å². The van der Waals surface area contributed by atoms with Crippen LogP contribution < -0.4 is 22.5 Å². The van der Waals surface area contributed by atoms with E-state index in [1.165, 1.54) is 29.2 Å². The van der Waals surface area contributed by atoms with Crippen LogP contribution in [0.3, 0.4) is 0 Å². The van der Waals surface area contributed by atoms with E-state index in [0.29, 0.717) is 0 Å². The van der Waals surface area contributed by atoms with Crippen LogP contribution in [0, 0.1) is 0 Å². The summed E-state index contributed by atoms with van der Waals surface area (Å²) in [4.78, 5) is 83.7. The van der Waals surface area contributed by atoms with Crippen LogP contribution in [-0.2, 0) is 56.3 Å². The number of phosphoric ester groups is 2. The molecule has 5 heterocycles. The molecule has 2 unspecified atom stereocenters. The molecule has 0 aromatic carbocycles. The van der Waals surface area contributed by atoms with Gasteiger partial charge in [0.2, 0.25) is 5.91 Å². The minimum atomic E-state index is -5.26. The number of fused-ring (bicyclic) bond motifs is 1. The second kappa shape index (κ2) is 18.4. The van der Waals surface area contributed by atoms with Crippen molar-refractivity contribution in [2.75, 3.05) is 36.7 Å². The Balaban J connectivity index is 1.38. The fourth-order valence-corrected chi connectivity index (χ4v) is 7.86. The van der Waals surface area contributed by atoms with Gasteiger partial charge in [0.1, 0.15) is 64.2 Å². The molecule has 9 N–H and O–H groups in total. The molecule has 5 rings (SSSR count). The van der Waals surface area contributed by atoms with Crippen molar-refractivity contribution in [1.82, 2.24) is 34.4 Å². The van der Waals surface area contributed by atoms with E-state index in [1.54, 1.807) is 0 Å². The molecular weight excluding hydrogens is 840 g/mol. The van der Waals surface area contributed by atoms with Crippen LogP contribution in [0.4, 0.5) is 11.6 Å². The lowest BCUT2D eigenvalue weighted by molar-refractivity contribution is -0.160. The highest BCUT2D eigenvalue weighted by Gasteiger charge is 2.50. The highest BCUT2D eigenvalue weighted by atomic mass is 32.2. The number of nitrogens with zero attached hydrogens (tertiary/aromatic N) is 6. The number of aliphatic hydroxyl groups excluding tert-OH is 1. The van der Waals surface area contributed by atoms with Crippen molar-refractivity contribution in [3.8, 4) is 0 Å². The van der Waals surface area contributed by atoms with Gasteiger partial charge < -0.3 is 50.8 Å². The van der Waals surface area contributed by atoms with Crippen LogP contribution in [0.1, 0.15) is 38.1 Å². The summed E-state index contributed by atoms with van der Waals surface area (Å²) in [5.74, 6) is -2.54. The lowest BCUT2D eigenvalue weighted by Crippen LogP contribution is -2.47. The lowest BCUT2D eigenvalue weighted by atomic mass is 10.1. The second-order valence-electron chi connectivity index (χ2n) is 13.0. The van der Waals surface area contributed by atoms with E-state index in [4.69, 9.17) is 34.7 Å². The number of hydrogen-bond acceptors (Lipinski definition) is 20. The summed E-state index contributed by atoms with van der Waals surface area (Å²) in [7, 11) is -14.0. The molecule has 0 bridgehead atoms. The molecule has 0 radical (unpaired) electrons. The first-order valence-electron chi connectivity index (χ1n) is 17.1. The van der Waals surface area contributed by atoms with Gasteiger partial charge in [0.15, 0.2) is 23.8 Å². The number of carbonyl (C=O) groups is 2. The van der Waals surface area contributed by atoms with Crippen molar-refractivity contribution >= 4 is 60.2 Å². The molecule has 0 saturated carbocycles. The molecule has 58 heavy (non-hydrogen) atoms. The van der Waals surface area contributed by atoms with E-state index >= 15 is 0 Å². The van der Waals surface area contributed by atoms with E-state index in [-0.39, 0.29) is 42.1 Å². The van der Waals surface area contributed by atoms with E-state index < -0.39 is 117 Å². The highest BCUT2D eigenvalue weighted by molar-refractivity contribution is 7.90. The molecule has 3 aromatic heterocycles. The summed E-state index contributed by atoms with van der Waals surface area (Å²) < 4.78 is 83.3. The van der Waals surface area contributed by atoms with Crippen molar-refractivity contribution in [2.45, 2.75) is 74.7 Å². The van der Waals surface area contributed by atoms with Gasteiger partial charge in [0.25, 0.3) is 0 Å². The number of aromatic nitrogens is 6. The van der Waals surface area contributed by atoms with Gasteiger partial charge in [0.05, 0.1) is 25.3 Å². The number of carbonyl (C=O) groups excluding carboxylic acids is 2. The number of aliphatic hydroxyl groups is 1. The Labute approximate surface area is 328 Å². The number of nitrogen functional groups attached to an aromatic ring is 2. The normalized spacial score (nSPS) is 25.3. The van der Waals surface area contributed by atoms with Crippen LogP contribution in [0.2, 0.25) is 0 Å². The van der Waals surface area contributed by atoms with Crippen molar-refractivity contribution < 1.29 is 74.7 Å². The fourth-order valence-electron chi connectivity index (χ4n) is 5.90. The maximum Gasteiger partial charge on any atom is 0.472 e. The van der Waals surface area contributed by atoms with Gasteiger partial charge in [-0.25, -0.2) is 42.1 Å². The van der Waals surface area contributed by atoms with Crippen LogP contribution in [0.25, 0.3) is 11.2 Å². The quantitative estimate of drug-likeness (QED) is 0.0397. The summed E-state index contributed by atoms with van der Waals surface area (Å²) in [5, 5.41) is 13.9. The number of imidazole rings is 1. The molecule has 3 aromatic rings. The van der Waals surface area contributed by atoms with Crippen LogP contribution in [0.15, 0.2) is 42.4 Å². The molecule has 1 amide bonds. The summed E-state index contributed by atoms with van der Waals surface area (Å²) in [6.45, 7) is 1.70. The number of nitrogens with two attached hydrogens (primary N) is 2. The molecule has 0 spiro atoms. The van der Waals surface area contributed by atoms with Crippen molar-refractivity contribution in [3.05, 3.63) is 48.1 Å². The molecule has 9 atom stereocenters. The average Bonchev–Trinajstić information content (AvgIpc) is 3.82. The zero-order valence-corrected chi connectivity index (χ0v) is 33.0. The molecule has 2 aliphatic heterocycles. The molecule has 2 aliphatic rings. The monoisotopic (exact) mass is 881 g/mol. The Morgan fingerprint density at radius 1 is 1.12 bits per heavy atom.